The van der Waals surface area contributed by atoms with E-state index in [1.165, 1.54) is 0 Å². The van der Waals surface area contributed by atoms with Gasteiger partial charge < -0.3 is 10.4 Å². The largest absolute Gasteiger partial charge is 0.481 e. The predicted octanol–water partition coefficient (Wildman–Crippen LogP) is 3.55. The molecule has 0 aromatic heterocycles. The topological polar surface area (TPSA) is 66.4 Å². The molecule has 2 rings (SSSR count). The molecule has 0 aliphatic heterocycles. The van der Waals surface area contributed by atoms with Crippen LogP contribution in [0.15, 0.2) is 24.3 Å². The van der Waals surface area contributed by atoms with E-state index in [1.54, 1.807) is 6.07 Å². The highest BCUT2D eigenvalue weighted by Gasteiger charge is 2.43. The third kappa shape index (κ3) is 3.56. The average Bonchev–Trinajstić information content (AvgIpc) is 2.88. The minimum absolute atomic E-state index is 0.0388. The van der Waals surface area contributed by atoms with Crippen LogP contribution in [0.2, 0.25) is 5.02 Å². The first-order valence-electron chi connectivity index (χ1n) is 7.22. The van der Waals surface area contributed by atoms with Crippen molar-refractivity contribution in [1.29, 1.82) is 0 Å². The molecule has 1 fully saturated rings. The number of benzene rings is 1. The van der Waals surface area contributed by atoms with Crippen molar-refractivity contribution in [2.24, 2.45) is 5.41 Å². The summed E-state index contributed by atoms with van der Waals surface area (Å²) >= 11 is 6.11. The maximum atomic E-state index is 12.2. The van der Waals surface area contributed by atoms with Crippen molar-refractivity contribution in [3.63, 3.8) is 0 Å². The summed E-state index contributed by atoms with van der Waals surface area (Å²) in [7, 11) is 0. The van der Waals surface area contributed by atoms with Gasteiger partial charge in [-0.3, -0.25) is 9.59 Å². The molecule has 1 saturated carbocycles. The second-order valence-corrected chi connectivity index (χ2v) is 6.19. The normalized spacial score (nSPS) is 18.2. The van der Waals surface area contributed by atoms with Gasteiger partial charge in [0.15, 0.2) is 0 Å². The molecule has 4 nitrogen and oxygen atoms in total. The zero-order valence-corrected chi connectivity index (χ0v) is 12.8. The van der Waals surface area contributed by atoms with Crippen LogP contribution >= 0.6 is 11.6 Å². The van der Waals surface area contributed by atoms with E-state index < -0.39 is 11.4 Å². The molecule has 21 heavy (non-hydrogen) atoms. The Morgan fingerprint density at radius 3 is 2.52 bits per heavy atom. The zero-order valence-electron chi connectivity index (χ0n) is 12.1. The third-order valence-electron chi connectivity index (χ3n) is 4.26. The minimum atomic E-state index is -0.885. The summed E-state index contributed by atoms with van der Waals surface area (Å²) in [6.07, 6.45) is 2.95. The number of rotatable bonds is 5. The standard InChI is InChI=1S/C16H20ClNO3/c1-11(12-6-2-3-7-13(12)17)18-14(19)10-16(15(20)21)8-4-5-9-16/h2-3,6-7,11H,4-5,8-10H2,1H3,(H,18,19)(H,20,21). The van der Waals surface area contributed by atoms with Crippen molar-refractivity contribution >= 4 is 23.5 Å². The highest BCUT2D eigenvalue weighted by molar-refractivity contribution is 6.31. The summed E-state index contributed by atoms with van der Waals surface area (Å²) in [5.41, 5.74) is -0.0482. The number of nitrogens with one attached hydrogen (secondary N) is 1. The number of aliphatic carboxylic acids is 1. The van der Waals surface area contributed by atoms with Crippen molar-refractivity contribution in [2.75, 3.05) is 0 Å². The van der Waals surface area contributed by atoms with E-state index in [2.05, 4.69) is 5.32 Å². The number of carbonyl (C=O) groups is 2. The first kappa shape index (κ1) is 15.8. The summed E-state index contributed by atoms with van der Waals surface area (Å²) in [5.74, 6) is -1.09. The van der Waals surface area contributed by atoms with Crippen LogP contribution in [0.1, 0.15) is 50.6 Å². The Balaban J connectivity index is 2.01. The molecule has 1 aliphatic carbocycles. The molecule has 5 heteroatoms. The van der Waals surface area contributed by atoms with Crippen LogP contribution in [-0.2, 0) is 9.59 Å². The summed E-state index contributed by atoms with van der Waals surface area (Å²) < 4.78 is 0. The van der Waals surface area contributed by atoms with Gasteiger partial charge in [0, 0.05) is 11.4 Å². The SMILES string of the molecule is CC(NC(=O)CC1(C(=O)O)CCCC1)c1ccccc1Cl. The van der Waals surface area contributed by atoms with Gasteiger partial charge in [-0.2, -0.15) is 0 Å². The molecule has 1 atom stereocenters. The lowest BCUT2D eigenvalue weighted by Crippen LogP contribution is -2.36. The van der Waals surface area contributed by atoms with Gasteiger partial charge >= 0.3 is 5.97 Å². The van der Waals surface area contributed by atoms with Gasteiger partial charge in [-0.25, -0.2) is 0 Å². The van der Waals surface area contributed by atoms with E-state index in [9.17, 15) is 14.7 Å². The van der Waals surface area contributed by atoms with Crippen LogP contribution in [0.25, 0.3) is 0 Å². The van der Waals surface area contributed by atoms with E-state index in [-0.39, 0.29) is 18.4 Å². The Kier molecular flexibility index (Phi) is 4.88. The van der Waals surface area contributed by atoms with Gasteiger partial charge in [0.25, 0.3) is 0 Å². The van der Waals surface area contributed by atoms with Gasteiger partial charge in [-0.1, -0.05) is 42.6 Å². The fourth-order valence-corrected chi connectivity index (χ4v) is 3.32. The van der Waals surface area contributed by atoms with Crippen molar-refractivity contribution in [3.05, 3.63) is 34.9 Å². The summed E-state index contributed by atoms with van der Waals surface area (Å²) in [5, 5.41) is 12.9. The van der Waals surface area contributed by atoms with Crippen molar-refractivity contribution in [2.45, 2.75) is 45.1 Å². The average molecular weight is 310 g/mol. The number of halogens is 1. The Labute approximate surface area is 129 Å². The minimum Gasteiger partial charge on any atom is -0.481 e. The molecule has 0 saturated heterocycles. The maximum Gasteiger partial charge on any atom is 0.310 e. The molecule has 1 amide bonds. The fourth-order valence-electron chi connectivity index (χ4n) is 3.02. The molecule has 1 aromatic carbocycles. The van der Waals surface area contributed by atoms with Gasteiger partial charge in [0.1, 0.15) is 0 Å². The van der Waals surface area contributed by atoms with E-state index >= 15 is 0 Å². The molecular weight excluding hydrogens is 290 g/mol. The van der Waals surface area contributed by atoms with Crippen molar-refractivity contribution < 1.29 is 14.7 Å². The van der Waals surface area contributed by atoms with Crippen molar-refractivity contribution in [1.82, 2.24) is 5.32 Å². The van der Waals surface area contributed by atoms with Gasteiger partial charge in [-0.15, -0.1) is 0 Å². The first-order chi connectivity index (χ1) is 9.94. The fraction of sp³-hybridized carbons (Fsp3) is 0.500. The molecule has 0 spiro atoms. The summed E-state index contributed by atoms with van der Waals surface area (Å²) in [6, 6.07) is 7.08. The molecule has 0 bridgehead atoms. The van der Waals surface area contributed by atoms with Crippen LogP contribution in [0.4, 0.5) is 0 Å². The summed E-state index contributed by atoms with van der Waals surface area (Å²) in [6.45, 7) is 1.85. The molecule has 1 unspecified atom stereocenters. The quantitative estimate of drug-likeness (QED) is 0.874. The van der Waals surface area contributed by atoms with Crippen LogP contribution in [0.3, 0.4) is 0 Å². The Bertz CT molecular complexity index is 538. The predicted molar refractivity (Wildman–Crippen MR) is 81.2 cm³/mol. The van der Waals surface area contributed by atoms with E-state index in [0.29, 0.717) is 17.9 Å². The molecule has 0 heterocycles. The zero-order chi connectivity index (χ0) is 15.5. The van der Waals surface area contributed by atoms with E-state index in [4.69, 9.17) is 11.6 Å². The Morgan fingerprint density at radius 1 is 1.33 bits per heavy atom. The van der Waals surface area contributed by atoms with Crippen LogP contribution in [0, 0.1) is 5.41 Å². The number of carbonyl (C=O) groups excluding carboxylic acids is 1. The van der Waals surface area contributed by atoms with E-state index in [0.717, 1.165) is 18.4 Å². The maximum absolute atomic E-state index is 12.2. The van der Waals surface area contributed by atoms with Gasteiger partial charge in [-0.05, 0) is 31.4 Å². The summed E-state index contributed by atoms with van der Waals surface area (Å²) in [4.78, 5) is 23.7. The first-order valence-corrected chi connectivity index (χ1v) is 7.60. The van der Waals surface area contributed by atoms with Crippen LogP contribution in [0.5, 0.6) is 0 Å². The number of carboxylic acids is 1. The lowest BCUT2D eigenvalue weighted by Gasteiger charge is -2.24. The second kappa shape index (κ2) is 6.48. The Hall–Kier alpha value is -1.55. The number of carboxylic acid groups (broad SMARTS) is 1. The number of amides is 1. The smallest absolute Gasteiger partial charge is 0.310 e. The molecular formula is C16H20ClNO3. The monoisotopic (exact) mass is 309 g/mol. The second-order valence-electron chi connectivity index (χ2n) is 5.78. The van der Waals surface area contributed by atoms with E-state index in [1.807, 2.05) is 25.1 Å². The highest BCUT2D eigenvalue weighted by atomic mass is 35.5. The highest BCUT2D eigenvalue weighted by Crippen LogP contribution is 2.41. The molecule has 2 N–H and O–H groups in total. The third-order valence-corrected chi connectivity index (χ3v) is 4.61. The number of hydrogen-bond donors (Lipinski definition) is 2. The van der Waals surface area contributed by atoms with Crippen LogP contribution < -0.4 is 5.32 Å². The molecule has 1 aromatic rings. The van der Waals surface area contributed by atoms with Crippen molar-refractivity contribution in [3.8, 4) is 0 Å². The number of hydrogen-bond acceptors (Lipinski definition) is 2. The molecule has 1 aliphatic rings. The molecule has 114 valence electrons. The molecule has 0 radical (unpaired) electrons. The Morgan fingerprint density at radius 2 is 1.95 bits per heavy atom. The lowest BCUT2D eigenvalue weighted by molar-refractivity contribution is -0.151. The van der Waals surface area contributed by atoms with Gasteiger partial charge in [0.05, 0.1) is 11.5 Å². The van der Waals surface area contributed by atoms with Gasteiger partial charge in [0.2, 0.25) is 5.91 Å². The van der Waals surface area contributed by atoms with Crippen LogP contribution in [-0.4, -0.2) is 17.0 Å². The lowest BCUT2D eigenvalue weighted by atomic mass is 9.82.